The van der Waals surface area contributed by atoms with E-state index in [4.69, 9.17) is 0 Å². The SMILES string of the molecule is Cc1c(F)cccc1NC(C)CC1CCC1. The Morgan fingerprint density at radius 3 is 2.81 bits per heavy atom. The second-order valence-electron chi connectivity index (χ2n) is 4.99. The minimum atomic E-state index is -0.124. The topological polar surface area (TPSA) is 12.0 Å². The monoisotopic (exact) mass is 221 g/mol. The van der Waals surface area contributed by atoms with Crippen LogP contribution in [0.5, 0.6) is 0 Å². The van der Waals surface area contributed by atoms with Crippen LogP contribution in [0.15, 0.2) is 18.2 Å². The molecule has 1 atom stereocenters. The van der Waals surface area contributed by atoms with E-state index in [0.29, 0.717) is 6.04 Å². The van der Waals surface area contributed by atoms with E-state index in [1.807, 2.05) is 13.0 Å². The van der Waals surface area contributed by atoms with Crippen LogP contribution < -0.4 is 5.32 Å². The Bertz CT molecular complexity index is 358. The van der Waals surface area contributed by atoms with Gasteiger partial charge in [0, 0.05) is 17.3 Å². The van der Waals surface area contributed by atoms with E-state index in [1.165, 1.54) is 31.7 Å². The molecule has 0 amide bonds. The van der Waals surface area contributed by atoms with Crippen molar-refractivity contribution >= 4 is 5.69 Å². The van der Waals surface area contributed by atoms with Crippen molar-refractivity contribution in [2.24, 2.45) is 5.92 Å². The number of hydrogen-bond acceptors (Lipinski definition) is 1. The van der Waals surface area contributed by atoms with E-state index in [9.17, 15) is 4.39 Å². The Morgan fingerprint density at radius 1 is 1.44 bits per heavy atom. The number of anilines is 1. The molecule has 1 aliphatic rings. The van der Waals surface area contributed by atoms with Gasteiger partial charge in [-0.05, 0) is 38.3 Å². The molecule has 1 unspecified atom stereocenters. The van der Waals surface area contributed by atoms with Gasteiger partial charge in [0.1, 0.15) is 5.82 Å². The normalized spacial score (nSPS) is 17.9. The van der Waals surface area contributed by atoms with Crippen molar-refractivity contribution in [3.05, 3.63) is 29.6 Å². The number of hydrogen-bond donors (Lipinski definition) is 1. The first-order chi connectivity index (χ1) is 7.66. The fourth-order valence-electron chi connectivity index (χ4n) is 2.32. The van der Waals surface area contributed by atoms with Crippen molar-refractivity contribution in [1.82, 2.24) is 0 Å². The van der Waals surface area contributed by atoms with Crippen LogP contribution in [0.2, 0.25) is 0 Å². The first kappa shape index (κ1) is 11.4. The van der Waals surface area contributed by atoms with Crippen LogP contribution in [0.25, 0.3) is 0 Å². The molecule has 0 aromatic heterocycles. The number of nitrogens with one attached hydrogen (secondary N) is 1. The van der Waals surface area contributed by atoms with Crippen molar-refractivity contribution < 1.29 is 4.39 Å². The Balaban J connectivity index is 1.94. The van der Waals surface area contributed by atoms with E-state index in [1.54, 1.807) is 6.07 Å². The van der Waals surface area contributed by atoms with Crippen LogP contribution in [0.4, 0.5) is 10.1 Å². The highest BCUT2D eigenvalue weighted by Crippen LogP contribution is 2.31. The Hall–Kier alpha value is -1.05. The van der Waals surface area contributed by atoms with Crippen molar-refractivity contribution in [2.45, 2.75) is 45.6 Å². The molecular weight excluding hydrogens is 201 g/mol. The highest BCUT2D eigenvalue weighted by molar-refractivity contribution is 5.51. The smallest absolute Gasteiger partial charge is 0.128 e. The van der Waals surface area contributed by atoms with Crippen LogP contribution in [-0.4, -0.2) is 6.04 Å². The van der Waals surface area contributed by atoms with Crippen molar-refractivity contribution in [3.8, 4) is 0 Å². The largest absolute Gasteiger partial charge is 0.382 e. The fourth-order valence-corrected chi connectivity index (χ4v) is 2.32. The van der Waals surface area contributed by atoms with Crippen LogP contribution >= 0.6 is 0 Å². The Kier molecular flexibility index (Phi) is 3.47. The van der Waals surface area contributed by atoms with Gasteiger partial charge in [-0.25, -0.2) is 4.39 Å². The van der Waals surface area contributed by atoms with E-state index in [2.05, 4.69) is 12.2 Å². The average Bonchev–Trinajstić information content (AvgIpc) is 2.19. The first-order valence-corrected chi connectivity index (χ1v) is 6.18. The molecule has 0 aliphatic heterocycles. The van der Waals surface area contributed by atoms with Gasteiger partial charge < -0.3 is 5.32 Å². The highest BCUT2D eigenvalue weighted by atomic mass is 19.1. The quantitative estimate of drug-likeness (QED) is 0.806. The molecule has 0 bridgehead atoms. The standard InChI is InChI=1S/C14H20FN/c1-10(9-12-5-3-6-12)16-14-8-4-7-13(15)11(14)2/h4,7-8,10,12,16H,3,5-6,9H2,1-2H3. The van der Waals surface area contributed by atoms with Crippen LogP contribution in [-0.2, 0) is 0 Å². The second-order valence-corrected chi connectivity index (χ2v) is 4.99. The van der Waals surface area contributed by atoms with E-state index in [-0.39, 0.29) is 5.82 Å². The van der Waals surface area contributed by atoms with Gasteiger partial charge in [-0.1, -0.05) is 25.3 Å². The van der Waals surface area contributed by atoms with E-state index < -0.39 is 0 Å². The van der Waals surface area contributed by atoms with Crippen LogP contribution in [0, 0.1) is 18.7 Å². The van der Waals surface area contributed by atoms with Gasteiger partial charge in [0.15, 0.2) is 0 Å². The summed E-state index contributed by atoms with van der Waals surface area (Å²) in [5.74, 6) is 0.761. The maximum atomic E-state index is 13.3. The van der Waals surface area contributed by atoms with Gasteiger partial charge in [-0.2, -0.15) is 0 Å². The summed E-state index contributed by atoms with van der Waals surface area (Å²) in [7, 11) is 0. The molecule has 2 rings (SSSR count). The summed E-state index contributed by atoms with van der Waals surface area (Å²) >= 11 is 0. The van der Waals surface area contributed by atoms with Gasteiger partial charge in [-0.15, -0.1) is 0 Å². The lowest BCUT2D eigenvalue weighted by Crippen LogP contribution is -2.23. The van der Waals surface area contributed by atoms with Crippen molar-refractivity contribution in [3.63, 3.8) is 0 Å². The third-order valence-corrected chi connectivity index (χ3v) is 3.58. The average molecular weight is 221 g/mol. The van der Waals surface area contributed by atoms with Crippen molar-refractivity contribution in [2.75, 3.05) is 5.32 Å². The summed E-state index contributed by atoms with van der Waals surface area (Å²) in [5.41, 5.74) is 1.66. The zero-order valence-corrected chi connectivity index (χ0v) is 10.1. The summed E-state index contributed by atoms with van der Waals surface area (Å²) in [5, 5.41) is 3.41. The minimum absolute atomic E-state index is 0.124. The van der Waals surface area contributed by atoms with Gasteiger partial charge in [0.05, 0.1) is 0 Å². The molecule has 88 valence electrons. The molecule has 0 saturated heterocycles. The lowest BCUT2D eigenvalue weighted by atomic mass is 9.81. The molecule has 1 nitrogen and oxygen atoms in total. The molecule has 0 spiro atoms. The lowest BCUT2D eigenvalue weighted by Gasteiger charge is -2.29. The van der Waals surface area contributed by atoms with E-state index >= 15 is 0 Å². The fraction of sp³-hybridized carbons (Fsp3) is 0.571. The molecule has 1 aliphatic carbocycles. The third-order valence-electron chi connectivity index (χ3n) is 3.58. The van der Waals surface area contributed by atoms with Gasteiger partial charge in [0.2, 0.25) is 0 Å². The van der Waals surface area contributed by atoms with Crippen LogP contribution in [0.1, 0.15) is 38.2 Å². The Morgan fingerprint density at radius 2 is 2.19 bits per heavy atom. The zero-order chi connectivity index (χ0) is 11.5. The number of benzene rings is 1. The molecule has 16 heavy (non-hydrogen) atoms. The molecule has 1 saturated carbocycles. The first-order valence-electron chi connectivity index (χ1n) is 6.18. The molecule has 0 heterocycles. The lowest BCUT2D eigenvalue weighted by molar-refractivity contribution is 0.286. The predicted molar refractivity (Wildman–Crippen MR) is 66.2 cm³/mol. The van der Waals surface area contributed by atoms with E-state index in [0.717, 1.165) is 17.2 Å². The Labute approximate surface area is 97.1 Å². The minimum Gasteiger partial charge on any atom is -0.382 e. The summed E-state index contributed by atoms with van der Waals surface area (Å²) < 4.78 is 13.3. The van der Waals surface area contributed by atoms with Crippen molar-refractivity contribution in [1.29, 1.82) is 0 Å². The molecule has 1 aromatic rings. The highest BCUT2D eigenvalue weighted by Gasteiger charge is 2.20. The summed E-state index contributed by atoms with van der Waals surface area (Å²) in [6.07, 6.45) is 5.33. The molecule has 1 fully saturated rings. The summed E-state index contributed by atoms with van der Waals surface area (Å²) in [6, 6.07) is 5.67. The molecule has 1 aromatic carbocycles. The van der Waals surface area contributed by atoms with Gasteiger partial charge >= 0.3 is 0 Å². The maximum absolute atomic E-state index is 13.3. The zero-order valence-electron chi connectivity index (χ0n) is 10.1. The molecular formula is C14H20FN. The number of halogens is 1. The second kappa shape index (κ2) is 4.86. The number of rotatable bonds is 4. The molecule has 0 radical (unpaired) electrons. The predicted octanol–water partition coefficient (Wildman–Crippen LogP) is 4.12. The summed E-state index contributed by atoms with van der Waals surface area (Å²) in [4.78, 5) is 0. The molecule has 1 N–H and O–H groups in total. The third kappa shape index (κ3) is 2.55. The van der Waals surface area contributed by atoms with Gasteiger partial charge in [-0.3, -0.25) is 0 Å². The van der Waals surface area contributed by atoms with Gasteiger partial charge in [0.25, 0.3) is 0 Å². The van der Waals surface area contributed by atoms with Crippen LogP contribution in [0.3, 0.4) is 0 Å². The molecule has 2 heteroatoms. The maximum Gasteiger partial charge on any atom is 0.128 e. The summed E-state index contributed by atoms with van der Waals surface area (Å²) in [6.45, 7) is 4.01.